The maximum absolute atomic E-state index is 5.07. The van der Waals surface area contributed by atoms with Gasteiger partial charge in [-0.05, 0) is 6.92 Å². The molecule has 0 fully saturated rings. The van der Waals surface area contributed by atoms with Crippen LogP contribution in [-0.4, -0.2) is 5.88 Å². The molecule has 2 N–H and O–H groups in total. The minimum Gasteiger partial charge on any atom is -0.433 e. The van der Waals surface area contributed by atoms with Gasteiger partial charge in [0, 0.05) is 0 Å². The van der Waals surface area contributed by atoms with Gasteiger partial charge in [-0.25, -0.2) is 0 Å². The summed E-state index contributed by atoms with van der Waals surface area (Å²) in [5.74, 6) is 0.504. The molecule has 0 spiro atoms. The van der Waals surface area contributed by atoms with Crippen LogP contribution >= 0.6 is 12.0 Å². The smallest absolute Gasteiger partial charge is 0.0968 e. The number of hydrogen-bond acceptors (Lipinski definition) is 3. The van der Waals surface area contributed by atoms with Crippen LogP contribution in [0.5, 0.6) is 0 Å². The molecule has 42 valence electrons. The average Bonchev–Trinajstić information content (AvgIpc) is 1.69. The molecule has 0 saturated heterocycles. The first-order valence-electron chi connectivity index (χ1n) is 2.01. The van der Waals surface area contributed by atoms with Crippen LogP contribution in [0.15, 0.2) is 12.3 Å². The van der Waals surface area contributed by atoms with E-state index in [0.717, 1.165) is 0 Å². The zero-order valence-corrected chi connectivity index (χ0v) is 5.07. The van der Waals surface area contributed by atoms with Crippen LogP contribution < -0.4 is 5.73 Å². The Morgan fingerprint density at radius 3 is 3.00 bits per heavy atom. The lowest BCUT2D eigenvalue weighted by Crippen LogP contribution is -1.90. The van der Waals surface area contributed by atoms with Crippen LogP contribution in [-0.2, 0) is 4.18 Å². The maximum atomic E-state index is 5.07. The van der Waals surface area contributed by atoms with Gasteiger partial charge in [-0.2, -0.15) is 0 Å². The zero-order chi connectivity index (χ0) is 5.54. The topological polar surface area (TPSA) is 35.2 Å². The molecule has 0 aromatic rings. The Labute approximate surface area is 47.9 Å². The van der Waals surface area contributed by atoms with Gasteiger partial charge < -0.3 is 9.92 Å². The van der Waals surface area contributed by atoms with Gasteiger partial charge in [0.05, 0.1) is 24.2 Å². The summed E-state index contributed by atoms with van der Waals surface area (Å²) in [6.45, 7) is 1.89. The Hall–Kier alpha value is -0.150. The normalized spacial score (nSPS) is 10.0. The van der Waals surface area contributed by atoms with E-state index in [1.165, 1.54) is 12.0 Å². The summed E-state index contributed by atoms with van der Waals surface area (Å²) in [5, 5.41) is 0. The minimum atomic E-state index is 0.504. The lowest BCUT2D eigenvalue weighted by molar-refractivity contribution is 0.565. The number of hydrogen-bond donors (Lipinski definition) is 1. The summed E-state index contributed by atoms with van der Waals surface area (Å²) in [4.78, 5) is 0. The predicted octanol–water partition coefficient (Wildman–Crippen LogP) is 1.10. The van der Waals surface area contributed by atoms with Crippen LogP contribution in [0.25, 0.3) is 0 Å². The van der Waals surface area contributed by atoms with Gasteiger partial charge in [-0.1, -0.05) is 6.08 Å². The molecule has 0 heterocycles. The fourth-order valence-corrected chi connectivity index (χ4v) is 0.402. The fraction of sp³-hybridized carbons (Fsp3) is 0.500. The van der Waals surface area contributed by atoms with E-state index in [9.17, 15) is 0 Å². The van der Waals surface area contributed by atoms with Crippen molar-refractivity contribution in [2.45, 2.75) is 6.92 Å². The van der Waals surface area contributed by atoms with Crippen molar-refractivity contribution in [3.8, 4) is 0 Å². The number of nitrogens with two attached hydrogens (primary N) is 1. The average molecular weight is 119 g/mol. The first-order chi connectivity index (χ1) is 3.41. The van der Waals surface area contributed by atoms with Crippen molar-refractivity contribution in [1.29, 1.82) is 0 Å². The van der Waals surface area contributed by atoms with E-state index in [1.807, 2.05) is 13.0 Å². The van der Waals surface area contributed by atoms with Gasteiger partial charge in [0.1, 0.15) is 0 Å². The zero-order valence-electron chi connectivity index (χ0n) is 4.26. The summed E-state index contributed by atoms with van der Waals surface area (Å²) in [7, 11) is 0. The molecule has 0 radical (unpaired) electrons. The Kier molecular flexibility index (Phi) is 5.72. The van der Waals surface area contributed by atoms with Crippen LogP contribution in [0, 0.1) is 0 Å². The quantitative estimate of drug-likeness (QED) is 0.261. The highest BCUT2D eigenvalue weighted by molar-refractivity contribution is 7.94. The highest BCUT2D eigenvalue weighted by atomic mass is 32.2. The minimum absolute atomic E-state index is 0.504. The van der Waals surface area contributed by atoms with Crippen molar-refractivity contribution in [2.24, 2.45) is 5.73 Å². The molecule has 0 saturated carbocycles. The van der Waals surface area contributed by atoms with E-state index >= 15 is 0 Å². The fourth-order valence-electron chi connectivity index (χ4n) is 0.134. The first kappa shape index (κ1) is 6.85. The van der Waals surface area contributed by atoms with Crippen molar-refractivity contribution in [1.82, 2.24) is 0 Å². The monoisotopic (exact) mass is 119 g/mol. The van der Waals surface area contributed by atoms with Crippen molar-refractivity contribution in [2.75, 3.05) is 5.88 Å². The van der Waals surface area contributed by atoms with Gasteiger partial charge in [-0.3, -0.25) is 0 Å². The van der Waals surface area contributed by atoms with Crippen LogP contribution in [0.2, 0.25) is 0 Å². The summed E-state index contributed by atoms with van der Waals surface area (Å²) in [6.07, 6.45) is 3.40. The second-order valence-electron chi connectivity index (χ2n) is 0.850. The third kappa shape index (κ3) is 5.85. The second-order valence-corrected chi connectivity index (χ2v) is 1.61. The highest BCUT2D eigenvalue weighted by Crippen LogP contribution is 1.96. The molecular formula is C4H9NOS. The third-order valence-corrected chi connectivity index (χ3v) is 0.711. The van der Waals surface area contributed by atoms with E-state index in [-0.39, 0.29) is 0 Å². The molecule has 0 atom stereocenters. The van der Waals surface area contributed by atoms with Gasteiger partial charge in [0.15, 0.2) is 0 Å². The van der Waals surface area contributed by atoms with Crippen molar-refractivity contribution < 1.29 is 4.18 Å². The third-order valence-electron chi connectivity index (χ3n) is 0.328. The highest BCUT2D eigenvalue weighted by Gasteiger charge is 1.71. The van der Waals surface area contributed by atoms with Gasteiger partial charge in [0.2, 0.25) is 0 Å². The van der Waals surface area contributed by atoms with Gasteiger partial charge in [-0.15, -0.1) is 0 Å². The van der Waals surface area contributed by atoms with E-state index in [0.29, 0.717) is 5.88 Å². The van der Waals surface area contributed by atoms with E-state index in [4.69, 9.17) is 9.92 Å². The Bertz CT molecular complexity index is 55.7. The predicted molar refractivity (Wildman–Crippen MR) is 32.5 cm³/mol. The molecule has 0 aliphatic heterocycles. The van der Waals surface area contributed by atoms with E-state index < -0.39 is 0 Å². The molecule has 2 nitrogen and oxygen atoms in total. The Morgan fingerprint density at radius 2 is 2.57 bits per heavy atom. The van der Waals surface area contributed by atoms with Crippen LogP contribution in [0.4, 0.5) is 0 Å². The Morgan fingerprint density at radius 1 is 1.86 bits per heavy atom. The van der Waals surface area contributed by atoms with Gasteiger partial charge >= 0.3 is 0 Å². The van der Waals surface area contributed by atoms with Gasteiger partial charge in [0.25, 0.3) is 0 Å². The molecule has 0 amide bonds. The maximum Gasteiger partial charge on any atom is 0.0968 e. The summed E-state index contributed by atoms with van der Waals surface area (Å²) in [5.41, 5.74) is 5.07. The molecule has 0 rings (SSSR count). The SMILES string of the molecule is C/C=C\OSCN. The second kappa shape index (κ2) is 5.85. The first-order valence-corrected chi connectivity index (χ1v) is 2.92. The summed E-state index contributed by atoms with van der Waals surface area (Å²) >= 11 is 1.22. The molecule has 0 aliphatic rings. The van der Waals surface area contributed by atoms with Crippen LogP contribution in [0.1, 0.15) is 6.92 Å². The molecule has 0 aliphatic carbocycles. The largest absolute Gasteiger partial charge is 0.433 e. The Balaban J connectivity index is 2.69. The number of allylic oxidation sites excluding steroid dienone is 1. The summed E-state index contributed by atoms with van der Waals surface area (Å²) < 4.78 is 4.74. The summed E-state index contributed by atoms with van der Waals surface area (Å²) in [6, 6.07) is 0. The molecule has 0 aromatic carbocycles. The lowest BCUT2D eigenvalue weighted by atomic mass is 10.8. The lowest BCUT2D eigenvalue weighted by Gasteiger charge is -1.89. The standard InChI is InChI=1S/C4H9NOS/c1-2-3-6-7-4-5/h2-3H,4-5H2,1H3/b3-2-. The molecule has 0 unspecified atom stereocenters. The molecule has 3 heteroatoms. The number of rotatable bonds is 3. The van der Waals surface area contributed by atoms with E-state index in [2.05, 4.69) is 0 Å². The molecule has 7 heavy (non-hydrogen) atoms. The molecular weight excluding hydrogens is 110 g/mol. The van der Waals surface area contributed by atoms with Crippen molar-refractivity contribution in [3.63, 3.8) is 0 Å². The molecule has 0 aromatic heterocycles. The van der Waals surface area contributed by atoms with Crippen molar-refractivity contribution in [3.05, 3.63) is 12.3 Å². The van der Waals surface area contributed by atoms with Crippen LogP contribution in [0.3, 0.4) is 0 Å². The van der Waals surface area contributed by atoms with E-state index in [1.54, 1.807) is 6.26 Å². The van der Waals surface area contributed by atoms with Crippen molar-refractivity contribution >= 4 is 12.0 Å². The molecule has 0 bridgehead atoms.